The van der Waals surface area contributed by atoms with Crippen molar-refractivity contribution in [2.45, 2.75) is 6.92 Å². The molecule has 82 valence electrons. The summed E-state index contributed by atoms with van der Waals surface area (Å²) in [5.41, 5.74) is -0.106. The van der Waals surface area contributed by atoms with Crippen LogP contribution in [-0.2, 0) is 0 Å². The van der Waals surface area contributed by atoms with Gasteiger partial charge in [0.1, 0.15) is 6.26 Å². The van der Waals surface area contributed by atoms with E-state index in [2.05, 4.69) is 15.1 Å². The quantitative estimate of drug-likeness (QED) is 0.670. The fraction of sp³-hybridized carbons (Fsp3) is 0.400. The lowest BCUT2D eigenvalue weighted by Crippen LogP contribution is -2.31. The Balaban J connectivity index is 2.40. The van der Waals surface area contributed by atoms with Crippen LogP contribution in [0.5, 0.6) is 0 Å². The van der Waals surface area contributed by atoms with Gasteiger partial charge in [-0.15, -0.1) is 0 Å². The Hall–Kier alpha value is -1.62. The van der Waals surface area contributed by atoms with Crippen molar-refractivity contribution in [2.24, 2.45) is 0 Å². The molecule has 2 N–H and O–H groups in total. The van der Waals surface area contributed by atoms with E-state index in [4.69, 9.17) is 0 Å². The Morgan fingerprint density at radius 3 is 2.80 bits per heavy atom. The van der Waals surface area contributed by atoms with Gasteiger partial charge >= 0.3 is 5.63 Å². The minimum absolute atomic E-state index is 0.239. The summed E-state index contributed by atoms with van der Waals surface area (Å²) in [5.74, 6) is -0.239. The molecule has 0 bridgehead atoms. The smallest absolute Gasteiger partial charge is 0.335 e. The maximum atomic E-state index is 11.4. The van der Waals surface area contributed by atoms with Gasteiger partial charge in [-0.3, -0.25) is 4.79 Å². The number of hydrogen-bond donors (Lipinski definition) is 2. The van der Waals surface area contributed by atoms with Gasteiger partial charge in [-0.1, -0.05) is 6.92 Å². The first kappa shape index (κ1) is 11.5. The lowest BCUT2D eigenvalue weighted by molar-refractivity contribution is 0.0951. The lowest BCUT2D eigenvalue weighted by atomic mass is 10.3. The minimum Gasteiger partial charge on any atom is -0.430 e. The van der Waals surface area contributed by atoms with Crippen LogP contribution in [0.2, 0.25) is 0 Å². The third kappa shape index (κ3) is 3.95. The Kier molecular flexibility index (Phi) is 4.56. The molecule has 15 heavy (non-hydrogen) atoms. The van der Waals surface area contributed by atoms with Gasteiger partial charge in [0.15, 0.2) is 0 Å². The summed E-state index contributed by atoms with van der Waals surface area (Å²) >= 11 is 0. The first-order chi connectivity index (χ1) is 7.24. The van der Waals surface area contributed by atoms with Crippen LogP contribution < -0.4 is 16.3 Å². The highest BCUT2D eigenvalue weighted by molar-refractivity contribution is 5.93. The molecule has 0 saturated carbocycles. The molecule has 5 heteroatoms. The van der Waals surface area contributed by atoms with Crippen molar-refractivity contribution in [1.29, 1.82) is 0 Å². The average Bonchev–Trinajstić information content (AvgIpc) is 2.25. The number of hydrogen-bond acceptors (Lipinski definition) is 4. The second kappa shape index (κ2) is 5.98. The van der Waals surface area contributed by atoms with Crippen LogP contribution in [0.4, 0.5) is 0 Å². The van der Waals surface area contributed by atoms with Gasteiger partial charge in [0.25, 0.3) is 5.91 Å². The Morgan fingerprint density at radius 1 is 1.40 bits per heavy atom. The van der Waals surface area contributed by atoms with Gasteiger partial charge in [-0.2, -0.15) is 0 Å². The molecular formula is C10H14N2O3. The summed E-state index contributed by atoms with van der Waals surface area (Å²) in [7, 11) is 0. The number of nitrogens with one attached hydrogen (secondary N) is 2. The van der Waals surface area contributed by atoms with E-state index in [-0.39, 0.29) is 5.91 Å². The standard InChI is InChI=1S/C10H14N2O3/c1-2-11-5-6-12-10(14)8-3-4-9(13)15-7-8/h3-4,7,11H,2,5-6H2,1H3,(H,12,14). The first-order valence-electron chi connectivity index (χ1n) is 4.82. The van der Waals surface area contributed by atoms with Gasteiger partial charge in [-0.25, -0.2) is 4.79 Å². The molecular weight excluding hydrogens is 196 g/mol. The van der Waals surface area contributed by atoms with Crippen molar-refractivity contribution in [3.05, 3.63) is 34.4 Å². The molecule has 0 aromatic carbocycles. The molecule has 1 amide bonds. The van der Waals surface area contributed by atoms with Crippen LogP contribution in [0, 0.1) is 0 Å². The minimum atomic E-state index is -0.459. The van der Waals surface area contributed by atoms with E-state index < -0.39 is 5.63 Å². The summed E-state index contributed by atoms with van der Waals surface area (Å²) in [6, 6.07) is 2.66. The van der Waals surface area contributed by atoms with Crippen LogP contribution in [0.3, 0.4) is 0 Å². The Labute approximate surface area is 87.5 Å². The summed E-state index contributed by atoms with van der Waals surface area (Å²) in [5, 5.41) is 5.77. The first-order valence-corrected chi connectivity index (χ1v) is 4.82. The van der Waals surface area contributed by atoms with Gasteiger partial charge < -0.3 is 15.1 Å². The number of rotatable bonds is 5. The maximum absolute atomic E-state index is 11.4. The van der Waals surface area contributed by atoms with Crippen molar-refractivity contribution in [1.82, 2.24) is 10.6 Å². The molecule has 1 heterocycles. The largest absolute Gasteiger partial charge is 0.430 e. The van der Waals surface area contributed by atoms with Crippen LogP contribution in [0.25, 0.3) is 0 Å². The average molecular weight is 210 g/mol. The van der Waals surface area contributed by atoms with Crippen molar-refractivity contribution < 1.29 is 9.21 Å². The highest BCUT2D eigenvalue weighted by atomic mass is 16.4. The summed E-state index contributed by atoms with van der Waals surface area (Å²) in [6.07, 6.45) is 1.16. The Bertz CT molecular complexity index is 353. The zero-order valence-electron chi connectivity index (χ0n) is 8.58. The SMILES string of the molecule is CCNCCNC(=O)c1ccc(=O)oc1. The number of likely N-dealkylation sites (N-methyl/N-ethyl adjacent to an activating group) is 1. The molecule has 0 saturated heterocycles. The third-order valence-corrected chi connectivity index (χ3v) is 1.80. The number of amides is 1. The van der Waals surface area contributed by atoms with Gasteiger partial charge in [-0.05, 0) is 12.6 Å². The molecule has 0 radical (unpaired) electrons. The van der Waals surface area contributed by atoms with Gasteiger partial charge in [0, 0.05) is 19.2 Å². The second-order valence-corrected chi connectivity index (χ2v) is 2.95. The third-order valence-electron chi connectivity index (χ3n) is 1.80. The zero-order valence-corrected chi connectivity index (χ0v) is 8.58. The maximum Gasteiger partial charge on any atom is 0.335 e. The molecule has 0 aliphatic carbocycles. The van der Waals surface area contributed by atoms with Gasteiger partial charge in [0.2, 0.25) is 0 Å². The van der Waals surface area contributed by atoms with Crippen molar-refractivity contribution in [3.63, 3.8) is 0 Å². The van der Waals surface area contributed by atoms with E-state index in [1.165, 1.54) is 12.1 Å². The van der Waals surface area contributed by atoms with Gasteiger partial charge in [0.05, 0.1) is 5.56 Å². The van der Waals surface area contributed by atoms with E-state index in [0.717, 1.165) is 19.4 Å². The number of carbonyl (C=O) groups excluding carboxylic acids is 1. The van der Waals surface area contributed by atoms with Crippen molar-refractivity contribution in [2.75, 3.05) is 19.6 Å². The summed E-state index contributed by atoms with van der Waals surface area (Å²) in [6.45, 7) is 4.13. The summed E-state index contributed by atoms with van der Waals surface area (Å²) in [4.78, 5) is 22.1. The molecule has 0 atom stereocenters. The van der Waals surface area contributed by atoms with Crippen LogP contribution >= 0.6 is 0 Å². The van der Waals surface area contributed by atoms with E-state index in [1.54, 1.807) is 0 Å². The molecule has 0 unspecified atom stereocenters. The topological polar surface area (TPSA) is 71.3 Å². The molecule has 5 nitrogen and oxygen atoms in total. The van der Waals surface area contributed by atoms with Crippen LogP contribution in [0.1, 0.15) is 17.3 Å². The highest BCUT2D eigenvalue weighted by Gasteiger charge is 2.04. The second-order valence-electron chi connectivity index (χ2n) is 2.95. The molecule has 0 aliphatic rings. The molecule has 0 spiro atoms. The van der Waals surface area contributed by atoms with Crippen molar-refractivity contribution >= 4 is 5.91 Å². The summed E-state index contributed by atoms with van der Waals surface area (Å²) < 4.78 is 4.57. The fourth-order valence-electron chi connectivity index (χ4n) is 1.03. The molecule has 0 fully saturated rings. The monoisotopic (exact) mass is 210 g/mol. The van der Waals surface area contributed by atoms with E-state index in [0.29, 0.717) is 12.1 Å². The number of carbonyl (C=O) groups is 1. The Morgan fingerprint density at radius 2 is 2.20 bits per heavy atom. The highest BCUT2D eigenvalue weighted by Crippen LogP contribution is 1.93. The molecule has 1 rings (SSSR count). The predicted octanol–water partition coefficient (Wildman–Crippen LogP) is -0.0209. The zero-order chi connectivity index (χ0) is 11.1. The van der Waals surface area contributed by atoms with Crippen LogP contribution in [-0.4, -0.2) is 25.5 Å². The van der Waals surface area contributed by atoms with Crippen molar-refractivity contribution in [3.8, 4) is 0 Å². The van der Waals surface area contributed by atoms with E-state index in [1.807, 2.05) is 6.92 Å². The molecule has 1 aromatic rings. The normalized spacial score (nSPS) is 9.93. The van der Waals surface area contributed by atoms with E-state index in [9.17, 15) is 9.59 Å². The van der Waals surface area contributed by atoms with Crippen LogP contribution in [0.15, 0.2) is 27.6 Å². The molecule has 1 aromatic heterocycles. The molecule has 0 aliphatic heterocycles. The fourth-order valence-corrected chi connectivity index (χ4v) is 1.03. The lowest BCUT2D eigenvalue weighted by Gasteiger charge is -2.04. The van der Waals surface area contributed by atoms with E-state index >= 15 is 0 Å². The predicted molar refractivity (Wildman–Crippen MR) is 55.9 cm³/mol.